The number of ether oxygens (including phenoxy) is 1. The smallest absolute Gasteiger partial charge is 0.174 e. The summed E-state index contributed by atoms with van der Waals surface area (Å²) in [6, 6.07) is 13.9. The average Bonchev–Trinajstić information content (AvgIpc) is 2.48. The fraction of sp³-hybridized carbons (Fsp3) is 0.235. The third-order valence-electron chi connectivity index (χ3n) is 3.09. The summed E-state index contributed by atoms with van der Waals surface area (Å²) in [5.41, 5.74) is 1.47. The van der Waals surface area contributed by atoms with Crippen LogP contribution in [-0.4, -0.2) is 12.4 Å². The molecule has 0 fully saturated rings. The molecule has 0 bridgehead atoms. The van der Waals surface area contributed by atoms with Gasteiger partial charge in [0.15, 0.2) is 5.78 Å². The first-order valence-corrected chi connectivity index (χ1v) is 6.66. The van der Waals surface area contributed by atoms with E-state index < -0.39 is 0 Å². The Morgan fingerprint density at radius 2 is 1.70 bits per heavy atom. The molecule has 0 saturated heterocycles. The highest BCUT2D eigenvalue weighted by molar-refractivity contribution is 5.82. The topological polar surface area (TPSA) is 26.3 Å². The van der Waals surface area contributed by atoms with Crippen LogP contribution in [0.2, 0.25) is 0 Å². The number of aryl methyl sites for hydroxylation is 1. The Morgan fingerprint density at radius 3 is 2.40 bits per heavy atom. The van der Waals surface area contributed by atoms with E-state index in [1.165, 1.54) is 6.07 Å². The number of carbonyl (C=O) groups is 1. The quantitative estimate of drug-likeness (QED) is 0.803. The molecule has 20 heavy (non-hydrogen) atoms. The highest BCUT2D eigenvalue weighted by Crippen LogP contribution is 2.18. The van der Waals surface area contributed by atoms with Crippen LogP contribution >= 0.6 is 0 Å². The predicted molar refractivity (Wildman–Crippen MR) is 76.4 cm³/mol. The van der Waals surface area contributed by atoms with E-state index >= 15 is 0 Å². The van der Waals surface area contributed by atoms with E-state index in [-0.39, 0.29) is 24.6 Å². The van der Waals surface area contributed by atoms with Crippen molar-refractivity contribution in [2.45, 2.75) is 19.8 Å². The van der Waals surface area contributed by atoms with Crippen LogP contribution in [0.4, 0.5) is 4.39 Å². The molecule has 0 saturated carbocycles. The molecule has 2 aromatic carbocycles. The van der Waals surface area contributed by atoms with Crippen molar-refractivity contribution in [3.63, 3.8) is 0 Å². The lowest BCUT2D eigenvalue weighted by atomic mass is 10.1. The van der Waals surface area contributed by atoms with Gasteiger partial charge < -0.3 is 4.74 Å². The number of hydrogen-bond acceptors (Lipinski definition) is 2. The molecule has 0 aliphatic carbocycles. The Labute approximate surface area is 118 Å². The Bertz CT molecular complexity index is 593. The lowest BCUT2D eigenvalue weighted by molar-refractivity contribution is -0.120. The minimum Gasteiger partial charge on any atom is -0.486 e. The van der Waals surface area contributed by atoms with Gasteiger partial charge in [0.2, 0.25) is 0 Å². The molecule has 0 radical (unpaired) electrons. The van der Waals surface area contributed by atoms with Gasteiger partial charge in [0, 0.05) is 6.42 Å². The standard InChI is InChI=1S/C17H17FO2/c1-2-13-7-4-6-10-17(13)20-12-15(19)11-14-8-3-5-9-16(14)18/h3-10H,2,11-12H2,1H3. The monoisotopic (exact) mass is 272 g/mol. The second-order valence-corrected chi connectivity index (χ2v) is 4.56. The molecule has 104 valence electrons. The number of ketones is 1. The summed E-state index contributed by atoms with van der Waals surface area (Å²) in [6.45, 7) is 1.99. The molecule has 2 nitrogen and oxygen atoms in total. The van der Waals surface area contributed by atoms with Gasteiger partial charge in [-0.15, -0.1) is 0 Å². The summed E-state index contributed by atoms with van der Waals surface area (Å²) < 4.78 is 19.0. The van der Waals surface area contributed by atoms with E-state index in [1.807, 2.05) is 31.2 Å². The van der Waals surface area contributed by atoms with Crippen LogP contribution in [0.15, 0.2) is 48.5 Å². The minimum absolute atomic E-state index is 0.0364. The SMILES string of the molecule is CCc1ccccc1OCC(=O)Cc1ccccc1F. The molecule has 0 heterocycles. The number of para-hydroxylation sites is 1. The summed E-state index contributed by atoms with van der Waals surface area (Å²) in [6.07, 6.45) is 0.901. The zero-order valence-electron chi connectivity index (χ0n) is 11.4. The van der Waals surface area contributed by atoms with Crippen LogP contribution in [0.5, 0.6) is 5.75 Å². The number of hydrogen-bond donors (Lipinski definition) is 0. The van der Waals surface area contributed by atoms with Crippen molar-refractivity contribution in [2.24, 2.45) is 0 Å². The Balaban J connectivity index is 1.94. The van der Waals surface area contributed by atoms with Gasteiger partial charge in [0.05, 0.1) is 0 Å². The van der Waals surface area contributed by atoms with Gasteiger partial charge in [0.1, 0.15) is 18.2 Å². The first-order chi connectivity index (χ1) is 9.70. The van der Waals surface area contributed by atoms with Crippen molar-refractivity contribution >= 4 is 5.78 Å². The third-order valence-corrected chi connectivity index (χ3v) is 3.09. The first-order valence-electron chi connectivity index (χ1n) is 6.66. The average molecular weight is 272 g/mol. The Morgan fingerprint density at radius 1 is 1.05 bits per heavy atom. The lowest BCUT2D eigenvalue weighted by Crippen LogP contribution is -2.15. The molecular weight excluding hydrogens is 255 g/mol. The molecule has 2 rings (SSSR count). The summed E-state index contributed by atoms with van der Waals surface area (Å²) in [4.78, 5) is 11.8. The van der Waals surface area contributed by atoms with Crippen LogP contribution < -0.4 is 4.74 Å². The van der Waals surface area contributed by atoms with Gasteiger partial charge in [-0.3, -0.25) is 4.79 Å². The summed E-state index contributed by atoms with van der Waals surface area (Å²) >= 11 is 0. The maximum atomic E-state index is 13.4. The normalized spacial score (nSPS) is 10.3. The second kappa shape index (κ2) is 6.85. The van der Waals surface area contributed by atoms with Crippen molar-refractivity contribution in [3.05, 3.63) is 65.5 Å². The molecule has 3 heteroatoms. The van der Waals surface area contributed by atoms with Crippen LogP contribution in [0, 0.1) is 5.82 Å². The molecule has 0 aliphatic rings. The van der Waals surface area contributed by atoms with E-state index in [1.54, 1.807) is 18.2 Å². The molecule has 0 aliphatic heterocycles. The lowest BCUT2D eigenvalue weighted by Gasteiger charge is -2.09. The van der Waals surface area contributed by atoms with Crippen molar-refractivity contribution in [1.29, 1.82) is 0 Å². The zero-order valence-corrected chi connectivity index (χ0v) is 11.4. The number of Topliss-reactive ketones (excluding diaryl/α,β-unsaturated/α-hetero) is 1. The summed E-state index contributed by atoms with van der Waals surface area (Å²) in [5.74, 6) is 0.229. The molecule has 0 amide bonds. The first kappa shape index (κ1) is 14.3. The molecule has 0 N–H and O–H groups in total. The molecular formula is C17H17FO2. The Kier molecular flexibility index (Phi) is 4.88. The number of benzene rings is 2. The zero-order chi connectivity index (χ0) is 14.4. The van der Waals surface area contributed by atoms with Crippen molar-refractivity contribution in [1.82, 2.24) is 0 Å². The molecule has 0 atom stereocenters. The molecule has 0 spiro atoms. The number of rotatable bonds is 6. The highest BCUT2D eigenvalue weighted by Gasteiger charge is 2.09. The predicted octanol–water partition coefficient (Wildman–Crippen LogP) is 3.58. The maximum absolute atomic E-state index is 13.4. The van der Waals surface area contributed by atoms with Crippen molar-refractivity contribution < 1.29 is 13.9 Å². The molecule has 0 aromatic heterocycles. The summed E-state index contributed by atoms with van der Waals surface area (Å²) in [7, 11) is 0. The van der Waals surface area contributed by atoms with Crippen LogP contribution in [0.1, 0.15) is 18.1 Å². The van der Waals surface area contributed by atoms with Crippen LogP contribution in [-0.2, 0) is 17.6 Å². The second-order valence-electron chi connectivity index (χ2n) is 4.56. The van der Waals surface area contributed by atoms with E-state index in [4.69, 9.17) is 4.74 Å². The number of carbonyl (C=O) groups excluding carboxylic acids is 1. The van der Waals surface area contributed by atoms with E-state index in [0.717, 1.165) is 17.7 Å². The van der Waals surface area contributed by atoms with Crippen molar-refractivity contribution in [3.8, 4) is 5.75 Å². The van der Waals surface area contributed by atoms with Gasteiger partial charge in [-0.1, -0.05) is 43.3 Å². The minimum atomic E-state index is -0.352. The Hall–Kier alpha value is -2.16. The van der Waals surface area contributed by atoms with Gasteiger partial charge in [-0.05, 0) is 29.7 Å². The highest BCUT2D eigenvalue weighted by atomic mass is 19.1. The summed E-state index contributed by atoms with van der Waals surface area (Å²) in [5, 5.41) is 0. The number of halogens is 1. The van der Waals surface area contributed by atoms with Crippen LogP contribution in [0.25, 0.3) is 0 Å². The van der Waals surface area contributed by atoms with Gasteiger partial charge in [-0.2, -0.15) is 0 Å². The van der Waals surface area contributed by atoms with E-state index in [9.17, 15) is 9.18 Å². The van der Waals surface area contributed by atoms with Gasteiger partial charge in [-0.25, -0.2) is 4.39 Å². The van der Waals surface area contributed by atoms with E-state index in [0.29, 0.717) is 5.56 Å². The third kappa shape index (κ3) is 3.67. The maximum Gasteiger partial charge on any atom is 0.174 e. The van der Waals surface area contributed by atoms with Crippen molar-refractivity contribution in [2.75, 3.05) is 6.61 Å². The van der Waals surface area contributed by atoms with E-state index in [2.05, 4.69) is 0 Å². The largest absolute Gasteiger partial charge is 0.486 e. The fourth-order valence-corrected chi connectivity index (χ4v) is 2.00. The van der Waals surface area contributed by atoms with Crippen LogP contribution in [0.3, 0.4) is 0 Å². The molecule has 2 aromatic rings. The van der Waals surface area contributed by atoms with Gasteiger partial charge in [0.25, 0.3) is 0 Å². The fourth-order valence-electron chi connectivity index (χ4n) is 2.00. The van der Waals surface area contributed by atoms with Gasteiger partial charge >= 0.3 is 0 Å². The molecule has 0 unspecified atom stereocenters.